The first-order valence-electron chi connectivity index (χ1n) is 4.87. The third-order valence-corrected chi connectivity index (χ3v) is 2.56. The molecule has 0 saturated carbocycles. The zero-order chi connectivity index (χ0) is 9.97. The minimum Gasteiger partial charge on any atom is -0.497 e. The smallest absolute Gasteiger partial charge is 0.123 e. The first kappa shape index (κ1) is 9.34. The van der Waals surface area contributed by atoms with Crippen molar-refractivity contribution in [3.63, 3.8) is 0 Å². The second kappa shape index (κ2) is 3.88. The molecule has 0 aromatic heterocycles. The summed E-state index contributed by atoms with van der Waals surface area (Å²) in [5.74, 6) is 1.84. The third kappa shape index (κ3) is 1.68. The maximum atomic E-state index is 5.70. The summed E-state index contributed by atoms with van der Waals surface area (Å²) in [6, 6.07) is 5.90. The fraction of sp³-hybridized carbons (Fsp3) is 0.455. The normalized spacial score (nSPS) is 19.7. The minimum atomic E-state index is 0.177. The minimum absolute atomic E-state index is 0.177. The van der Waals surface area contributed by atoms with E-state index in [1.807, 2.05) is 18.2 Å². The van der Waals surface area contributed by atoms with Gasteiger partial charge < -0.3 is 15.2 Å². The molecule has 1 aliphatic rings. The van der Waals surface area contributed by atoms with Gasteiger partial charge in [-0.25, -0.2) is 0 Å². The van der Waals surface area contributed by atoms with Crippen LogP contribution in [-0.2, 0) is 6.42 Å². The topological polar surface area (TPSA) is 44.5 Å². The van der Waals surface area contributed by atoms with Gasteiger partial charge >= 0.3 is 0 Å². The van der Waals surface area contributed by atoms with Gasteiger partial charge in [0, 0.05) is 6.54 Å². The SMILES string of the molecule is COc1ccc2c(c1)CC[C@@H](CN)O2. The second-order valence-corrected chi connectivity index (χ2v) is 3.49. The van der Waals surface area contributed by atoms with E-state index in [4.69, 9.17) is 15.2 Å². The lowest BCUT2D eigenvalue weighted by atomic mass is 10.0. The van der Waals surface area contributed by atoms with Crippen molar-refractivity contribution in [2.45, 2.75) is 18.9 Å². The highest BCUT2D eigenvalue weighted by molar-refractivity contribution is 5.41. The van der Waals surface area contributed by atoms with Crippen molar-refractivity contribution in [2.24, 2.45) is 5.73 Å². The number of nitrogens with two attached hydrogens (primary N) is 1. The zero-order valence-corrected chi connectivity index (χ0v) is 8.32. The quantitative estimate of drug-likeness (QED) is 0.771. The second-order valence-electron chi connectivity index (χ2n) is 3.49. The largest absolute Gasteiger partial charge is 0.497 e. The lowest BCUT2D eigenvalue weighted by Gasteiger charge is -2.25. The van der Waals surface area contributed by atoms with Gasteiger partial charge in [0.1, 0.15) is 17.6 Å². The van der Waals surface area contributed by atoms with Crippen LogP contribution in [0.25, 0.3) is 0 Å². The van der Waals surface area contributed by atoms with Crippen molar-refractivity contribution < 1.29 is 9.47 Å². The number of benzene rings is 1. The first-order chi connectivity index (χ1) is 6.83. The Morgan fingerprint density at radius 1 is 1.57 bits per heavy atom. The maximum absolute atomic E-state index is 5.70. The molecule has 0 amide bonds. The van der Waals surface area contributed by atoms with E-state index in [2.05, 4.69) is 0 Å². The molecular formula is C11H15NO2. The van der Waals surface area contributed by atoms with Gasteiger partial charge in [-0.2, -0.15) is 0 Å². The Hall–Kier alpha value is -1.22. The van der Waals surface area contributed by atoms with Crippen LogP contribution in [0.1, 0.15) is 12.0 Å². The van der Waals surface area contributed by atoms with Crippen LogP contribution in [0.15, 0.2) is 18.2 Å². The Balaban J connectivity index is 2.23. The molecule has 1 atom stereocenters. The van der Waals surface area contributed by atoms with Gasteiger partial charge in [0.15, 0.2) is 0 Å². The predicted molar refractivity (Wildman–Crippen MR) is 54.8 cm³/mol. The molecule has 76 valence electrons. The molecule has 1 heterocycles. The van der Waals surface area contributed by atoms with Crippen LogP contribution in [0, 0.1) is 0 Å². The molecule has 2 N–H and O–H groups in total. The molecule has 0 aliphatic carbocycles. The van der Waals surface area contributed by atoms with E-state index >= 15 is 0 Å². The highest BCUT2D eigenvalue weighted by Gasteiger charge is 2.18. The lowest BCUT2D eigenvalue weighted by Crippen LogP contribution is -2.30. The van der Waals surface area contributed by atoms with E-state index in [1.165, 1.54) is 5.56 Å². The van der Waals surface area contributed by atoms with Gasteiger partial charge in [-0.15, -0.1) is 0 Å². The number of aryl methyl sites for hydroxylation is 1. The van der Waals surface area contributed by atoms with Crippen LogP contribution in [0.3, 0.4) is 0 Å². The fourth-order valence-electron chi connectivity index (χ4n) is 1.71. The molecule has 1 aromatic carbocycles. The van der Waals surface area contributed by atoms with Crippen LogP contribution in [0.2, 0.25) is 0 Å². The van der Waals surface area contributed by atoms with E-state index in [1.54, 1.807) is 7.11 Å². The summed E-state index contributed by atoms with van der Waals surface area (Å²) in [7, 11) is 1.67. The van der Waals surface area contributed by atoms with E-state index in [9.17, 15) is 0 Å². The van der Waals surface area contributed by atoms with Crippen LogP contribution < -0.4 is 15.2 Å². The molecule has 3 heteroatoms. The number of hydrogen-bond acceptors (Lipinski definition) is 3. The number of methoxy groups -OCH3 is 1. The average Bonchev–Trinajstić information content (AvgIpc) is 2.27. The summed E-state index contributed by atoms with van der Waals surface area (Å²) in [5.41, 5.74) is 6.78. The summed E-state index contributed by atoms with van der Waals surface area (Å²) >= 11 is 0. The van der Waals surface area contributed by atoms with E-state index in [-0.39, 0.29) is 6.10 Å². The van der Waals surface area contributed by atoms with Gasteiger partial charge in [-0.1, -0.05) is 0 Å². The standard InChI is InChI=1S/C11H15NO2/c1-13-9-4-5-11-8(6-9)2-3-10(7-12)14-11/h4-6,10H,2-3,7,12H2,1H3/t10-/m0/s1. The Kier molecular flexibility index (Phi) is 2.59. The molecule has 3 nitrogen and oxygen atoms in total. The summed E-state index contributed by atoms with van der Waals surface area (Å²) < 4.78 is 10.9. The Morgan fingerprint density at radius 3 is 3.14 bits per heavy atom. The van der Waals surface area contributed by atoms with E-state index in [0.29, 0.717) is 6.54 Å². The average molecular weight is 193 g/mol. The van der Waals surface area contributed by atoms with Crippen molar-refractivity contribution in [1.82, 2.24) is 0 Å². The van der Waals surface area contributed by atoms with Crippen molar-refractivity contribution >= 4 is 0 Å². The molecule has 0 saturated heterocycles. The Labute approximate surface area is 83.8 Å². The van der Waals surface area contributed by atoms with E-state index in [0.717, 1.165) is 24.3 Å². The van der Waals surface area contributed by atoms with Crippen molar-refractivity contribution in [1.29, 1.82) is 0 Å². The lowest BCUT2D eigenvalue weighted by molar-refractivity contribution is 0.181. The van der Waals surface area contributed by atoms with Gasteiger partial charge in [-0.05, 0) is 36.6 Å². The fourth-order valence-corrected chi connectivity index (χ4v) is 1.71. The maximum Gasteiger partial charge on any atom is 0.123 e. The van der Waals surface area contributed by atoms with Gasteiger partial charge in [0.25, 0.3) is 0 Å². The molecule has 0 spiro atoms. The molecule has 1 aromatic rings. The molecule has 0 radical (unpaired) electrons. The third-order valence-electron chi connectivity index (χ3n) is 2.56. The zero-order valence-electron chi connectivity index (χ0n) is 8.32. The molecule has 1 aliphatic heterocycles. The highest BCUT2D eigenvalue weighted by Crippen LogP contribution is 2.30. The number of rotatable bonds is 2. The summed E-state index contributed by atoms with van der Waals surface area (Å²) in [5, 5.41) is 0. The van der Waals surface area contributed by atoms with Crippen molar-refractivity contribution in [3.8, 4) is 11.5 Å². The van der Waals surface area contributed by atoms with Crippen LogP contribution in [0.5, 0.6) is 11.5 Å². The van der Waals surface area contributed by atoms with Gasteiger partial charge in [-0.3, -0.25) is 0 Å². The van der Waals surface area contributed by atoms with E-state index < -0.39 is 0 Å². The summed E-state index contributed by atoms with van der Waals surface area (Å²) in [6.07, 6.45) is 2.20. The molecular weight excluding hydrogens is 178 g/mol. The predicted octanol–water partition coefficient (Wildman–Crippen LogP) is 1.35. The number of ether oxygens (including phenoxy) is 2. The van der Waals surface area contributed by atoms with Crippen molar-refractivity contribution in [2.75, 3.05) is 13.7 Å². The molecule has 14 heavy (non-hydrogen) atoms. The molecule has 0 fully saturated rings. The van der Waals surface area contributed by atoms with Crippen LogP contribution >= 0.6 is 0 Å². The molecule has 0 bridgehead atoms. The Bertz CT molecular complexity index is 325. The monoisotopic (exact) mass is 193 g/mol. The van der Waals surface area contributed by atoms with Gasteiger partial charge in [0.2, 0.25) is 0 Å². The molecule has 0 unspecified atom stereocenters. The number of hydrogen-bond donors (Lipinski definition) is 1. The Morgan fingerprint density at radius 2 is 2.43 bits per heavy atom. The van der Waals surface area contributed by atoms with Crippen LogP contribution in [-0.4, -0.2) is 19.8 Å². The van der Waals surface area contributed by atoms with Crippen molar-refractivity contribution in [3.05, 3.63) is 23.8 Å². The van der Waals surface area contributed by atoms with Gasteiger partial charge in [0.05, 0.1) is 7.11 Å². The first-order valence-corrected chi connectivity index (χ1v) is 4.87. The summed E-state index contributed by atoms with van der Waals surface area (Å²) in [4.78, 5) is 0. The van der Waals surface area contributed by atoms with Crippen LogP contribution in [0.4, 0.5) is 0 Å². The number of fused-ring (bicyclic) bond motifs is 1. The highest BCUT2D eigenvalue weighted by atomic mass is 16.5. The summed E-state index contributed by atoms with van der Waals surface area (Å²) in [6.45, 7) is 0.589. The molecule has 2 rings (SSSR count).